The Labute approximate surface area is 119 Å². The van der Waals surface area contributed by atoms with Crippen molar-refractivity contribution >= 4 is 11.9 Å². The fourth-order valence-corrected chi connectivity index (χ4v) is 1.42. The van der Waals surface area contributed by atoms with E-state index in [0.29, 0.717) is 26.4 Å². The summed E-state index contributed by atoms with van der Waals surface area (Å²) in [5, 5.41) is 8.77. The van der Waals surface area contributed by atoms with Crippen LogP contribution in [-0.2, 0) is 19.1 Å². The molecule has 0 heterocycles. The van der Waals surface area contributed by atoms with E-state index < -0.39 is 11.9 Å². The maximum atomic E-state index is 11.5. The summed E-state index contributed by atoms with van der Waals surface area (Å²) >= 11 is 0. The van der Waals surface area contributed by atoms with E-state index >= 15 is 0 Å². The highest BCUT2D eigenvalue weighted by molar-refractivity contribution is 5.91. The minimum Gasteiger partial charge on any atom is -0.461 e. The fourth-order valence-electron chi connectivity index (χ4n) is 1.42. The van der Waals surface area contributed by atoms with Gasteiger partial charge in [0.05, 0.1) is 0 Å². The van der Waals surface area contributed by atoms with Gasteiger partial charge in [-0.2, -0.15) is 0 Å². The van der Waals surface area contributed by atoms with E-state index in [1.54, 1.807) is 20.9 Å². The molecule has 0 aliphatic carbocycles. The Bertz CT molecular complexity index is 289. The summed E-state index contributed by atoms with van der Waals surface area (Å²) in [5.74, 6) is -1.19. The van der Waals surface area contributed by atoms with E-state index in [-0.39, 0.29) is 18.6 Å². The molecule has 0 aliphatic heterocycles. The predicted molar refractivity (Wildman–Crippen MR) is 74.7 cm³/mol. The maximum Gasteiger partial charge on any atom is 0.317 e. The quantitative estimate of drug-likeness (QED) is 0.157. The standard InChI is InChI=1S/C12H26N4O4/c1-9(5-15-7-13)19-11(17)4-12(18)20-10(2)6-16-8-14-3/h9-10,14-16H,4-8,13H2,1-3H3. The molecule has 0 aliphatic rings. The Morgan fingerprint density at radius 3 is 2.00 bits per heavy atom. The number of ether oxygens (including phenoxy) is 2. The molecular weight excluding hydrogens is 264 g/mol. The van der Waals surface area contributed by atoms with Gasteiger partial charge < -0.3 is 31.2 Å². The van der Waals surface area contributed by atoms with E-state index in [0.717, 1.165) is 0 Å². The first kappa shape index (κ1) is 18.8. The van der Waals surface area contributed by atoms with E-state index in [4.69, 9.17) is 15.2 Å². The summed E-state index contributed by atoms with van der Waals surface area (Å²) in [6, 6.07) is 0. The normalized spacial score (nSPS) is 13.6. The average molecular weight is 290 g/mol. The fraction of sp³-hybridized carbons (Fsp3) is 0.833. The summed E-state index contributed by atoms with van der Waals surface area (Å²) in [4.78, 5) is 23.0. The van der Waals surface area contributed by atoms with Gasteiger partial charge in [-0.3, -0.25) is 9.59 Å². The molecule has 0 aromatic rings. The number of esters is 2. The zero-order valence-corrected chi connectivity index (χ0v) is 12.4. The molecule has 0 fully saturated rings. The van der Waals surface area contributed by atoms with E-state index in [1.165, 1.54) is 0 Å². The van der Waals surface area contributed by atoms with Gasteiger partial charge in [0.1, 0.15) is 18.6 Å². The molecule has 2 unspecified atom stereocenters. The van der Waals surface area contributed by atoms with Crippen LogP contribution in [-0.4, -0.2) is 57.6 Å². The number of carbonyl (C=O) groups is 2. The van der Waals surface area contributed by atoms with Gasteiger partial charge in [-0.25, -0.2) is 0 Å². The first-order valence-corrected chi connectivity index (χ1v) is 6.64. The largest absolute Gasteiger partial charge is 0.461 e. The molecule has 0 rings (SSSR count). The molecular formula is C12H26N4O4. The van der Waals surface area contributed by atoms with Crippen molar-refractivity contribution in [3.8, 4) is 0 Å². The molecule has 0 aromatic carbocycles. The lowest BCUT2D eigenvalue weighted by Crippen LogP contribution is -2.35. The van der Waals surface area contributed by atoms with Crippen molar-refractivity contribution in [2.24, 2.45) is 5.73 Å². The third-order valence-electron chi connectivity index (χ3n) is 2.26. The van der Waals surface area contributed by atoms with Crippen LogP contribution < -0.4 is 21.7 Å². The zero-order valence-electron chi connectivity index (χ0n) is 12.4. The van der Waals surface area contributed by atoms with Crippen LogP contribution in [0.5, 0.6) is 0 Å². The van der Waals surface area contributed by atoms with Crippen LogP contribution in [0.1, 0.15) is 20.3 Å². The van der Waals surface area contributed by atoms with E-state index in [9.17, 15) is 9.59 Å². The summed E-state index contributed by atoms with van der Waals surface area (Å²) in [6.45, 7) is 5.35. The Kier molecular flexibility index (Phi) is 10.9. The van der Waals surface area contributed by atoms with Crippen molar-refractivity contribution in [1.82, 2.24) is 16.0 Å². The lowest BCUT2D eigenvalue weighted by Gasteiger charge is -2.15. The molecule has 0 radical (unpaired) electrons. The lowest BCUT2D eigenvalue weighted by molar-refractivity contribution is -0.159. The molecule has 118 valence electrons. The first-order chi connectivity index (χ1) is 9.49. The van der Waals surface area contributed by atoms with Crippen molar-refractivity contribution < 1.29 is 19.1 Å². The molecule has 0 spiro atoms. The van der Waals surface area contributed by atoms with Crippen LogP contribution in [0.15, 0.2) is 0 Å². The average Bonchev–Trinajstić information content (AvgIpc) is 2.36. The van der Waals surface area contributed by atoms with Crippen molar-refractivity contribution in [2.45, 2.75) is 32.5 Å². The molecule has 0 amide bonds. The molecule has 20 heavy (non-hydrogen) atoms. The van der Waals surface area contributed by atoms with Crippen LogP contribution >= 0.6 is 0 Å². The molecule has 0 saturated heterocycles. The summed E-state index contributed by atoms with van der Waals surface area (Å²) < 4.78 is 10.1. The molecule has 8 heteroatoms. The van der Waals surface area contributed by atoms with Crippen molar-refractivity contribution in [2.75, 3.05) is 33.5 Å². The zero-order chi connectivity index (χ0) is 15.4. The van der Waals surface area contributed by atoms with Crippen LogP contribution in [0.25, 0.3) is 0 Å². The van der Waals surface area contributed by atoms with Gasteiger partial charge in [-0.15, -0.1) is 0 Å². The smallest absolute Gasteiger partial charge is 0.317 e. The lowest BCUT2D eigenvalue weighted by atomic mass is 10.3. The Hall–Kier alpha value is -1.22. The van der Waals surface area contributed by atoms with Gasteiger partial charge in [0.15, 0.2) is 0 Å². The summed E-state index contributed by atoms with van der Waals surface area (Å²) in [6.07, 6.45) is -1.03. The van der Waals surface area contributed by atoms with Gasteiger partial charge in [0.2, 0.25) is 0 Å². The third kappa shape index (κ3) is 10.7. The minimum atomic E-state index is -0.600. The molecule has 0 saturated carbocycles. The van der Waals surface area contributed by atoms with Gasteiger partial charge in [-0.05, 0) is 20.9 Å². The predicted octanol–water partition coefficient (Wildman–Crippen LogP) is -1.49. The van der Waals surface area contributed by atoms with E-state index in [1.807, 2.05) is 0 Å². The molecule has 0 aromatic heterocycles. The Morgan fingerprint density at radius 2 is 1.55 bits per heavy atom. The number of rotatable bonds is 11. The van der Waals surface area contributed by atoms with Crippen LogP contribution in [0.3, 0.4) is 0 Å². The Balaban J connectivity index is 3.81. The number of hydrogen-bond acceptors (Lipinski definition) is 8. The number of nitrogens with one attached hydrogen (secondary N) is 3. The second kappa shape index (κ2) is 11.6. The molecule has 2 atom stereocenters. The third-order valence-corrected chi connectivity index (χ3v) is 2.26. The van der Waals surface area contributed by atoms with Crippen LogP contribution in [0, 0.1) is 0 Å². The molecule has 5 N–H and O–H groups in total. The van der Waals surface area contributed by atoms with Gasteiger partial charge in [0, 0.05) is 26.4 Å². The number of hydrogen-bond donors (Lipinski definition) is 4. The molecule has 8 nitrogen and oxygen atoms in total. The van der Waals surface area contributed by atoms with Crippen molar-refractivity contribution in [3.63, 3.8) is 0 Å². The van der Waals surface area contributed by atoms with Crippen molar-refractivity contribution in [1.29, 1.82) is 0 Å². The number of nitrogens with two attached hydrogens (primary N) is 1. The highest BCUT2D eigenvalue weighted by atomic mass is 16.6. The van der Waals surface area contributed by atoms with Gasteiger partial charge in [0.25, 0.3) is 0 Å². The van der Waals surface area contributed by atoms with Gasteiger partial charge in [-0.1, -0.05) is 0 Å². The SMILES string of the molecule is CNCNCC(C)OC(=O)CC(=O)OC(C)CNCN. The summed E-state index contributed by atoms with van der Waals surface area (Å²) in [5.41, 5.74) is 5.26. The maximum absolute atomic E-state index is 11.5. The van der Waals surface area contributed by atoms with Gasteiger partial charge >= 0.3 is 11.9 Å². The van der Waals surface area contributed by atoms with E-state index in [2.05, 4.69) is 16.0 Å². The second-order valence-corrected chi connectivity index (χ2v) is 4.42. The van der Waals surface area contributed by atoms with Crippen molar-refractivity contribution in [3.05, 3.63) is 0 Å². The highest BCUT2D eigenvalue weighted by Crippen LogP contribution is 1.98. The highest BCUT2D eigenvalue weighted by Gasteiger charge is 2.17. The minimum absolute atomic E-state index is 0.306. The van der Waals surface area contributed by atoms with Crippen LogP contribution in [0.4, 0.5) is 0 Å². The monoisotopic (exact) mass is 290 g/mol. The topological polar surface area (TPSA) is 115 Å². The molecule has 0 bridgehead atoms. The second-order valence-electron chi connectivity index (χ2n) is 4.42. The number of carbonyl (C=O) groups excluding carboxylic acids is 2. The Morgan fingerprint density at radius 1 is 1.05 bits per heavy atom. The first-order valence-electron chi connectivity index (χ1n) is 6.64. The van der Waals surface area contributed by atoms with Crippen LogP contribution in [0.2, 0.25) is 0 Å². The summed E-state index contributed by atoms with van der Waals surface area (Å²) in [7, 11) is 1.81.